The first kappa shape index (κ1) is 62.5. The zero-order valence-electron chi connectivity index (χ0n) is 31.4. The van der Waals surface area contributed by atoms with Gasteiger partial charge in [0, 0.05) is 53.4 Å². The van der Waals surface area contributed by atoms with Crippen molar-refractivity contribution in [3.8, 4) is 0 Å². The lowest BCUT2D eigenvalue weighted by Gasteiger charge is -1.95. The lowest BCUT2D eigenvalue weighted by atomic mass is 10.1. The highest BCUT2D eigenvalue weighted by Gasteiger charge is 1.86. The third kappa shape index (κ3) is 161. The van der Waals surface area contributed by atoms with Crippen LogP contribution in [0.1, 0.15) is 183 Å². The quantitative estimate of drug-likeness (QED) is 0.0585. The summed E-state index contributed by atoms with van der Waals surface area (Å²) in [6.45, 7) is 16.7. The Morgan fingerprint density at radius 1 is 0.227 bits per heavy atom. The molecule has 0 saturated carbocycles. The number of aliphatic hydroxyl groups excluding tert-OH is 8. The van der Waals surface area contributed by atoms with Gasteiger partial charge in [0.15, 0.2) is 0 Å². The van der Waals surface area contributed by atoms with Crippen LogP contribution in [0.25, 0.3) is 0 Å². The van der Waals surface area contributed by atoms with Crippen molar-refractivity contribution in [3.05, 3.63) is 0 Å². The van der Waals surface area contributed by atoms with E-state index >= 15 is 0 Å². The molecule has 0 aliphatic heterocycles. The standard InChI is InChI=1S/C8H18O.C7H16O.C6H14O.C5H12O.C4H10O.C3H8O.C2H6O.CH4O/c1-2-3-4-5-6-7-8-9;1-2-3-4-5-6-7-8;1-2-3-4-5-6-7;1-2-3-4-5-6;1-2-3-4-5;1-2-3-4;1-2-3;1-2/h9H,2-8H2,1H3;8H,2-7H2,1H3;7H,2-6H2,1H3;6H,2-5H2,1H3;5H,2-4H2,1H3;4H,2-3H2,1H3;3H,2H2,1H3;2H,1H3. The fourth-order valence-corrected chi connectivity index (χ4v) is 2.67. The smallest absolute Gasteiger partial charge is 0.0431 e. The lowest BCUT2D eigenvalue weighted by molar-refractivity contribution is 0.282. The fourth-order valence-electron chi connectivity index (χ4n) is 2.67. The highest BCUT2D eigenvalue weighted by Crippen LogP contribution is 2.03. The van der Waals surface area contributed by atoms with Gasteiger partial charge in [-0.05, 0) is 45.4 Å². The predicted molar refractivity (Wildman–Crippen MR) is 194 cm³/mol. The summed E-state index contributed by atoms with van der Waals surface area (Å²) >= 11 is 0. The second kappa shape index (κ2) is 96.8. The van der Waals surface area contributed by atoms with E-state index in [1.807, 2.05) is 6.92 Å². The summed E-state index contributed by atoms with van der Waals surface area (Å²) in [6.07, 6.45) is 24.5. The molecule has 8 nitrogen and oxygen atoms in total. The number of hydrogen-bond donors (Lipinski definition) is 8. The van der Waals surface area contributed by atoms with Crippen molar-refractivity contribution in [2.24, 2.45) is 0 Å². The van der Waals surface area contributed by atoms with Crippen molar-refractivity contribution in [2.45, 2.75) is 183 Å². The Balaban J connectivity index is -0.0000000580. The Labute approximate surface area is 277 Å². The highest BCUT2D eigenvalue weighted by molar-refractivity contribution is 4.41. The normalized spacial score (nSPS) is 8.73. The van der Waals surface area contributed by atoms with Crippen LogP contribution in [0, 0.1) is 0 Å². The zero-order chi connectivity index (χ0) is 35.8. The topological polar surface area (TPSA) is 162 Å². The first-order chi connectivity index (χ1) is 21.4. The summed E-state index contributed by atoms with van der Waals surface area (Å²) < 4.78 is 0. The van der Waals surface area contributed by atoms with Gasteiger partial charge in [-0.25, -0.2) is 0 Å². The lowest BCUT2D eigenvalue weighted by Crippen LogP contribution is -1.82. The summed E-state index contributed by atoms with van der Waals surface area (Å²) in [5, 5.41) is 63.8. The molecule has 0 atom stereocenters. The van der Waals surface area contributed by atoms with Crippen LogP contribution in [0.15, 0.2) is 0 Å². The van der Waals surface area contributed by atoms with Crippen LogP contribution < -0.4 is 0 Å². The number of hydrogen-bond acceptors (Lipinski definition) is 8. The van der Waals surface area contributed by atoms with Crippen LogP contribution in [-0.4, -0.2) is 94.2 Å². The van der Waals surface area contributed by atoms with Gasteiger partial charge in [0.1, 0.15) is 0 Å². The molecule has 0 rings (SSSR count). The van der Waals surface area contributed by atoms with Crippen molar-refractivity contribution >= 4 is 0 Å². The summed E-state index contributed by atoms with van der Waals surface area (Å²) in [7, 11) is 1.00. The first-order valence-corrected chi connectivity index (χ1v) is 18.1. The van der Waals surface area contributed by atoms with E-state index < -0.39 is 0 Å². The third-order valence-corrected chi connectivity index (χ3v) is 5.28. The van der Waals surface area contributed by atoms with Gasteiger partial charge >= 0.3 is 0 Å². The molecule has 0 aromatic heterocycles. The number of unbranched alkanes of at least 4 members (excludes halogenated alkanes) is 15. The monoisotopic (exact) mass is 649 g/mol. The molecule has 0 saturated heterocycles. The van der Waals surface area contributed by atoms with E-state index in [0.29, 0.717) is 39.6 Å². The maximum atomic E-state index is 8.42. The number of rotatable bonds is 21. The van der Waals surface area contributed by atoms with E-state index in [9.17, 15) is 0 Å². The van der Waals surface area contributed by atoms with Crippen LogP contribution in [0.4, 0.5) is 0 Å². The second-order valence-electron chi connectivity index (χ2n) is 9.96. The zero-order valence-corrected chi connectivity index (χ0v) is 31.4. The Morgan fingerprint density at radius 2 is 0.386 bits per heavy atom. The number of aliphatic hydroxyl groups is 8. The van der Waals surface area contributed by atoms with E-state index in [1.165, 1.54) is 83.5 Å². The molecular formula is C36H88O8. The first-order valence-electron chi connectivity index (χ1n) is 18.1. The minimum absolute atomic E-state index is 0.250. The molecular weight excluding hydrogens is 560 g/mol. The Bertz CT molecular complexity index is 275. The van der Waals surface area contributed by atoms with Crippen LogP contribution in [-0.2, 0) is 0 Å². The molecule has 0 heterocycles. The molecule has 0 aliphatic carbocycles. The molecule has 0 fully saturated rings. The average Bonchev–Trinajstić information content (AvgIpc) is 3.05. The fraction of sp³-hybridized carbons (Fsp3) is 1.00. The highest BCUT2D eigenvalue weighted by atomic mass is 16.3. The molecule has 0 aromatic rings. The molecule has 0 aromatic carbocycles. The average molecular weight is 649 g/mol. The van der Waals surface area contributed by atoms with Gasteiger partial charge in [-0.2, -0.15) is 0 Å². The maximum absolute atomic E-state index is 8.42. The van der Waals surface area contributed by atoms with Gasteiger partial charge in [-0.3, -0.25) is 0 Å². The van der Waals surface area contributed by atoms with Crippen molar-refractivity contribution in [2.75, 3.05) is 53.4 Å². The van der Waals surface area contributed by atoms with Gasteiger partial charge in [0.25, 0.3) is 0 Å². The maximum Gasteiger partial charge on any atom is 0.0431 e. The molecule has 44 heavy (non-hydrogen) atoms. The largest absolute Gasteiger partial charge is 0.400 e. The third-order valence-electron chi connectivity index (χ3n) is 5.28. The SMILES string of the molecule is CCCCCCCCO.CCCCCCCO.CCCCCCO.CCCCCO.CCCCO.CCCO.CCO.CO. The molecule has 0 aliphatic rings. The molecule has 0 unspecified atom stereocenters. The Morgan fingerprint density at radius 3 is 0.545 bits per heavy atom. The van der Waals surface area contributed by atoms with Crippen LogP contribution >= 0.6 is 0 Å². The molecule has 280 valence electrons. The van der Waals surface area contributed by atoms with Crippen LogP contribution in [0.3, 0.4) is 0 Å². The van der Waals surface area contributed by atoms with E-state index in [2.05, 4.69) is 34.6 Å². The van der Waals surface area contributed by atoms with Gasteiger partial charge in [-0.15, -0.1) is 0 Å². The van der Waals surface area contributed by atoms with Gasteiger partial charge in [-0.1, -0.05) is 138 Å². The molecule has 8 heteroatoms. The molecule has 0 bridgehead atoms. The Kier molecular flexibility index (Phi) is 137. The van der Waals surface area contributed by atoms with E-state index in [0.717, 1.165) is 58.5 Å². The predicted octanol–water partition coefficient (Wildman–Crippen LogP) is 7.79. The molecule has 8 N–H and O–H groups in total. The summed E-state index contributed by atoms with van der Waals surface area (Å²) in [6, 6.07) is 0. The minimum atomic E-state index is 0.250. The van der Waals surface area contributed by atoms with Crippen LogP contribution in [0.5, 0.6) is 0 Å². The minimum Gasteiger partial charge on any atom is -0.400 e. The summed E-state index contributed by atoms with van der Waals surface area (Å²) in [4.78, 5) is 0. The van der Waals surface area contributed by atoms with Gasteiger partial charge < -0.3 is 40.9 Å². The van der Waals surface area contributed by atoms with E-state index in [4.69, 9.17) is 40.9 Å². The van der Waals surface area contributed by atoms with E-state index in [1.54, 1.807) is 6.92 Å². The summed E-state index contributed by atoms with van der Waals surface area (Å²) in [5.74, 6) is 0. The summed E-state index contributed by atoms with van der Waals surface area (Å²) in [5.41, 5.74) is 0. The van der Waals surface area contributed by atoms with Gasteiger partial charge in [0.2, 0.25) is 0 Å². The van der Waals surface area contributed by atoms with Crippen molar-refractivity contribution in [1.29, 1.82) is 0 Å². The second-order valence-corrected chi connectivity index (χ2v) is 9.96. The van der Waals surface area contributed by atoms with Crippen molar-refractivity contribution in [3.63, 3.8) is 0 Å². The molecule has 0 radical (unpaired) electrons. The molecule has 0 amide bonds. The van der Waals surface area contributed by atoms with Crippen LogP contribution in [0.2, 0.25) is 0 Å². The Hall–Kier alpha value is -0.320. The van der Waals surface area contributed by atoms with Gasteiger partial charge in [0.05, 0.1) is 0 Å². The van der Waals surface area contributed by atoms with Crippen molar-refractivity contribution < 1.29 is 40.9 Å². The molecule has 0 spiro atoms. The van der Waals surface area contributed by atoms with Crippen molar-refractivity contribution in [1.82, 2.24) is 0 Å². The van der Waals surface area contributed by atoms with E-state index in [-0.39, 0.29) is 6.61 Å².